The van der Waals surface area contributed by atoms with Crippen LogP contribution in [0, 0.1) is 0 Å². The lowest BCUT2D eigenvalue weighted by atomic mass is 10.0. The standard InChI is InChI=1S/C16H23N3O2/c1-4-14-16(21)18-15(20)10-19(14)13-8-6-12(7-9-13)11(3)17-5-2/h6-9,11,14,17H,4-5,10H2,1-3H3,(H,18,20,21). The number of nitrogens with zero attached hydrogens (tertiary/aromatic N) is 1. The Bertz CT molecular complexity index is 513. The molecule has 2 unspecified atom stereocenters. The molecule has 5 nitrogen and oxygen atoms in total. The lowest BCUT2D eigenvalue weighted by Crippen LogP contribution is -2.58. The minimum atomic E-state index is -0.278. The molecule has 1 aromatic carbocycles. The fourth-order valence-corrected chi connectivity index (χ4v) is 2.72. The highest BCUT2D eigenvalue weighted by molar-refractivity contribution is 6.04. The van der Waals surface area contributed by atoms with Gasteiger partial charge in [-0.1, -0.05) is 26.0 Å². The largest absolute Gasteiger partial charge is 0.350 e. The van der Waals surface area contributed by atoms with E-state index in [1.807, 2.05) is 36.1 Å². The molecule has 2 rings (SSSR count). The number of rotatable bonds is 5. The van der Waals surface area contributed by atoms with Gasteiger partial charge in [-0.3, -0.25) is 14.9 Å². The highest BCUT2D eigenvalue weighted by Crippen LogP contribution is 2.23. The second-order valence-corrected chi connectivity index (χ2v) is 5.34. The Kier molecular flexibility index (Phi) is 4.96. The van der Waals surface area contributed by atoms with E-state index < -0.39 is 0 Å². The van der Waals surface area contributed by atoms with Crippen molar-refractivity contribution in [1.82, 2.24) is 10.6 Å². The number of carbonyl (C=O) groups excluding carboxylic acids is 2. The Hall–Kier alpha value is -1.88. The van der Waals surface area contributed by atoms with Gasteiger partial charge >= 0.3 is 0 Å². The van der Waals surface area contributed by atoms with Crippen LogP contribution in [-0.4, -0.2) is 30.9 Å². The summed E-state index contributed by atoms with van der Waals surface area (Å²) in [6, 6.07) is 8.07. The zero-order valence-electron chi connectivity index (χ0n) is 12.8. The van der Waals surface area contributed by atoms with Crippen LogP contribution in [0.15, 0.2) is 24.3 Å². The van der Waals surface area contributed by atoms with Crippen molar-refractivity contribution in [1.29, 1.82) is 0 Å². The number of hydrogen-bond donors (Lipinski definition) is 2. The van der Waals surface area contributed by atoms with Crippen LogP contribution in [0.5, 0.6) is 0 Å². The van der Waals surface area contributed by atoms with Gasteiger partial charge in [0, 0.05) is 11.7 Å². The summed E-state index contributed by atoms with van der Waals surface area (Å²) in [5, 5.41) is 5.76. The molecule has 1 aliphatic heterocycles. The molecule has 2 N–H and O–H groups in total. The van der Waals surface area contributed by atoms with Gasteiger partial charge in [0.25, 0.3) is 0 Å². The van der Waals surface area contributed by atoms with Crippen molar-refractivity contribution in [2.45, 2.75) is 39.3 Å². The van der Waals surface area contributed by atoms with Gasteiger partial charge in [0.2, 0.25) is 11.8 Å². The fraction of sp³-hybridized carbons (Fsp3) is 0.500. The first-order chi connectivity index (χ1) is 10.1. The summed E-state index contributed by atoms with van der Waals surface area (Å²) in [5.74, 6) is -0.450. The summed E-state index contributed by atoms with van der Waals surface area (Å²) in [4.78, 5) is 25.4. The molecule has 2 atom stereocenters. The molecule has 0 radical (unpaired) electrons. The summed E-state index contributed by atoms with van der Waals surface area (Å²) < 4.78 is 0. The summed E-state index contributed by atoms with van der Waals surface area (Å²) in [7, 11) is 0. The molecule has 1 saturated heterocycles. The van der Waals surface area contributed by atoms with Gasteiger partial charge in [-0.25, -0.2) is 0 Å². The Labute approximate surface area is 125 Å². The highest BCUT2D eigenvalue weighted by atomic mass is 16.2. The summed E-state index contributed by atoms with van der Waals surface area (Å²) in [5.41, 5.74) is 2.11. The van der Waals surface area contributed by atoms with E-state index in [1.54, 1.807) is 0 Å². The van der Waals surface area contributed by atoms with E-state index in [1.165, 1.54) is 5.56 Å². The monoisotopic (exact) mass is 289 g/mol. The molecule has 0 spiro atoms. The Morgan fingerprint density at radius 3 is 2.52 bits per heavy atom. The van der Waals surface area contributed by atoms with Crippen LogP contribution in [0.2, 0.25) is 0 Å². The van der Waals surface area contributed by atoms with E-state index in [0.717, 1.165) is 12.2 Å². The van der Waals surface area contributed by atoms with Crippen molar-refractivity contribution < 1.29 is 9.59 Å². The summed E-state index contributed by atoms with van der Waals surface area (Å²) >= 11 is 0. The molecule has 1 aromatic rings. The normalized spacial score (nSPS) is 20.3. The molecule has 0 bridgehead atoms. The second-order valence-electron chi connectivity index (χ2n) is 5.34. The van der Waals surface area contributed by atoms with Crippen LogP contribution in [0.1, 0.15) is 38.8 Å². The summed E-state index contributed by atoms with van der Waals surface area (Å²) in [6.07, 6.45) is 0.675. The lowest BCUT2D eigenvalue weighted by molar-refractivity contribution is -0.132. The highest BCUT2D eigenvalue weighted by Gasteiger charge is 2.32. The van der Waals surface area contributed by atoms with E-state index in [4.69, 9.17) is 0 Å². The van der Waals surface area contributed by atoms with Crippen molar-refractivity contribution in [2.75, 3.05) is 18.0 Å². The van der Waals surface area contributed by atoms with E-state index in [-0.39, 0.29) is 30.4 Å². The predicted molar refractivity (Wildman–Crippen MR) is 83.1 cm³/mol. The maximum Gasteiger partial charge on any atom is 0.249 e. The summed E-state index contributed by atoms with van der Waals surface area (Å²) in [6.45, 7) is 7.29. The van der Waals surface area contributed by atoms with Gasteiger partial charge in [0.15, 0.2) is 0 Å². The van der Waals surface area contributed by atoms with Crippen LogP contribution < -0.4 is 15.5 Å². The third kappa shape index (κ3) is 3.42. The number of piperazine rings is 1. The number of benzene rings is 1. The van der Waals surface area contributed by atoms with Crippen LogP contribution in [0.3, 0.4) is 0 Å². The number of amides is 2. The molecular weight excluding hydrogens is 266 g/mol. The number of hydrogen-bond acceptors (Lipinski definition) is 4. The van der Waals surface area contributed by atoms with Crippen LogP contribution >= 0.6 is 0 Å². The van der Waals surface area contributed by atoms with E-state index in [0.29, 0.717) is 6.42 Å². The third-order valence-corrected chi connectivity index (χ3v) is 3.88. The lowest BCUT2D eigenvalue weighted by Gasteiger charge is -2.35. The smallest absolute Gasteiger partial charge is 0.249 e. The average Bonchev–Trinajstić information content (AvgIpc) is 2.47. The predicted octanol–water partition coefficient (Wildman–Crippen LogP) is 1.60. The molecule has 114 valence electrons. The van der Waals surface area contributed by atoms with Gasteiger partial charge in [-0.2, -0.15) is 0 Å². The van der Waals surface area contributed by atoms with Gasteiger partial charge in [0.05, 0.1) is 6.54 Å². The zero-order valence-corrected chi connectivity index (χ0v) is 12.8. The van der Waals surface area contributed by atoms with Crippen LogP contribution in [0.4, 0.5) is 5.69 Å². The van der Waals surface area contributed by atoms with Crippen molar-refractivity contribution >= 4 is 17.5 Å². The molecule has 1 fully saturated rings. The number of carbonyl (C=O) groups is 2. The molecule has 21 heavy (non-hydrogen) atoms. The first kappa shape index (κ1) is 15.5. The van der Waals surface area contributed by atoms with Gasteiger partial charge in [-0.15, -0.1) is 0 Å². The molecule has 2 amide bonds. The Morgan fingerprint density at radius 2 is 1.95 bits per heavy atom. The van der Waals surface area contributed by atoms with Crippen molar-refractivity contribution in [3.05, 3.63) is 29.8 Å². The Balaban J connectivity index is 2.20. The molecule has 1 heterocycles. The average molecular weight is 289 g/mol. The third-order valence-electron chi connectivity index (χ3n) is 3.88. The molecule has 0 saturated carbocycles. The number of nitrogens with one attached hydrogen (secondary N) is 2. The van der Waals surface area contributed by atoms with E-state index in [9.17, 15) is 9.59 Å². The molecular formula is C16H23N3O2. The Morgan fingerprint density at radius 1 is 1.29 bits per heavy atom. The van der Waals surface area contributed by atoms with Crippen molar-refractivity contribution in [3.8, 4) is 0 Å². The minimum Gasteiger partial charge on any atom is -0.350 e. The van der Waals surface area contributed by atoms with Gasteiger partial charge in [-0.05, 0) is 37.6 Å². The van der Waals surface area contributed by atoms with Crippen LogP contribution in [-0.2, 0) is 9.59 Å². The first-order valence-corrected chi connectivity index (χ1v) is 7.50. The maximum absolute atomic E-state index is 11.9. The van der Waals surface area contributed by atoms with E-state index >= 15 is 0 Å². The molecule has 1 aliphatic rings. The topological polar surface area (TPSA) is 61.4 Å². The molecule has 5 heteroatoms. The quantitative estimate of drug-likeness (QED) is 0.808. The fourth-order valence-electron chi connectivity index (χ4n) is 2.72. The molecule has 0 aromatic heterocycles. The number of anilines is 1. The van der Waals surface area contributed by atoms with Gasteiger partial charge in [0.1, 0.15) is 6.04 Å². The van der Waals surface area contributed by atoms with E-state index in [2.05, 4.69) is 24.5 Å². The second kappa shape index (κ2) is 6.72. The minimum absolute atomic E-state index is 0.209. The first-order valence-electron chi connectivity index (χ1n) is 7.50. The maximum atomic E-state index is 11.9. The van der Waals surface area contributed by atoms with Crippen molar-refractivity contribution in [3.63, 3.8) is 0 Å². The number of imide groups is 1. The zero-order chi connectivity index (χ0) is 15.4. The van der Waals surface area contributed by atoms with Crippen LogP contribution in [0.25, 0.3) is 0 Å². The SMILES string of the molecule is CCNC(C)c1ccc(N2CC(=O)NC(=O)C2CC)cc1. The van der Waals surface area contributed by atoms with Gasteiger partial charge < -0.3 is 10.2 Å². The molecule has 0 aliphatic carbocycles. The van der Waals surface area contributed by atoms with Crippen molar-refractivity contribution in [2.24, 2.45) is 0 Å².